The molecular formula is C51H39NO. The van der Waals surface area contributed by atoms with Gasteiger partial charge in [-0.25, -0.2) is 0 Å². The maximum absolute atomic E-state index is 6.22. The number of para-hydroxylation sites is 2. The number of hydrogen-bond donors (Lipinski definition) is 1. The SMILES string of the molecule is C=CC1=C(/C=C\C)c2ccccc2C12c1ccccc1-c1ccccc12.Cc1cccc2c1oc1c(Nc3ccc(-c4ccccc4)cc3)cccc12. The van der Waals surface area contributed by atoms with E-state index >= 15 is 0 Å². The van der Waals surface area contributed by atoms with E-state index in [0.29, 0.717) is 0 Å². The molecule has 0 aliphatic heterocycles. The van der Waals surface area contributed by atoms with Crippen LogP contribution in [0, 0.1) is 6.92 Å². The van der Waals surface area contributed by atoms with Crippen molar-refractivity contribution in [3.05, 3.63) is 222 Å². The highest BCUT2D eigenvalue weighted by atomic mass is 16.3. The molecule has 0 unspecified atom stereocenters. The number of aryl methyl sites for hydroxylation is 1. The minimum absolute atomic E-state index is 0.264. The van der Waals surface area contributed by atoms with Crippen molar-refractivity contribution < 1.29 is 4.42 Å². The third kappa shape index (κ3) is 5.10. The molecule has 1 spiro atoms. The van der Waals surface area contributed by atoms with Gasteiger partial charge in [-0.2, -0.15) is 0 Å². The Morgan fingerprint density at radius 1 is 0.547 bits per heavy atom. The van der Waals surface area contributed by atoms with Crippen molar-refractivity contribution in [1.82, 2.24) is 0 Å². The molecule has 254 valence electrons. The van der Waals surface area contributed by atoms with Gasteiger partial charge in [-0.15, -0.1) is 0 Å². The van der Waals surface area contributed by atoms with Crippen LogP contribution in [-0.2, 0) is 5.41 Å². The lowest BCUT2D eigenvalue weighted by molar-refractivity contribution is 0.667. The number of hydrogen-bond acceptors (Lipinski definition) is 2. The molecule has 0 fully saturated rings. The van der Waals surface area contributed by atoms with Crippen molar-refractivity contribution in [3.8, 4) is 22.3 Å². The van der Waals surface area contributed by atoms with Gasteiger partial charge in [0.1, 0.15) is 5.58 Å². The zero-order chi connectivity index (χ0) is 35.9. The van der Waals surface area contributed by atoms with Gasteiger partial charge in [0.05, 0.1) is 11.1 Å². The van der Waals surface area contributed by atoms with Gasteiger partial charge >= 0.3 is 0 Å². The van der Waals surface area contributed by atoms with Gasteiger partial charge in [0, 0.05) is 16.5 Å². The predicted octanol–water partition coefficient (Wildman–Crippen LogP) is 13.8. The van der Waals surface area contributed by atoms with Crippen LogP contribution in [0.5, 0.6) is 0 Å². The molecule has 0 atom stereocenters. The lowest BCUT2D eigenvalue weighted by Crippen LogP contribution is -2.26. The molecule has 2 heteroatoms. The third-order valence-corrected chi connectivity index (χ3v) is 10.8. The van der Waals surface area contributed by atoms with E-state index in [9.17, 15) is 0 Å². The van der Waals surface area contributed by atoms with Crippen LogP contribution in [0.4, 0.5) is 11.4 Å². The van der Waals surface area contributed by atoms with Crippen LogP contribution in [-0.4, -0.2) is 0 Å². The molecule has 1 N–H and O–H groups in total. The van der Waals surface area contributed by atoms with Crippen molar-refractivity contribution in [2.75, 3.05) is 5.32 Å². The van der Waals surface area contributed by atoms with Gasteiger partial charge < -0.3 is 9.73 Å². The summed E-state index contributed by atoms with van der Waals surface area (Å²) in [6, 6.07) is 57.9. The molecule has 0 saturated carbocycles. The fourth-order valence-electron chi connectivity index (χ4n) is 8.55. The van der Waals surface area contributed by atoms with Crippen LogP contribution in [0.3, 0.4) is 0 Å². The Kier molecular flexibility index (Phi) is 8.01. The van der Waals surface area contributed by atoms with Crippen LogP contribution in [0.15, 0.2) is 199 Å². The molecule has 0 radical (unpaired) electrons. The Morgan fingerprint density at radius 3 is 1.74 bits per heavy atom. The van der Waals surface area contributed by atoms with Gasteiger partial charge in [0.15, 0.2) is 5.58 Å². The van der Waals surface area contributed by atoms with Gasteiger partial charge in [0.2, 0.25) is 0 Å². The van der Waals surface area contributed by atoms with Gasteiger partial charge in [-0.05, 0) is 93.3 Å². The van der Waals surface area contributed by atoms with E-state index in [1.807, 2.05) is 6.07 Å². The summed E-state index contributed by atoms with van der Waals surface area (Å²) in [7, 11) is 0. The minimum Gasteiger partial charge on any atom is -0.454 e. The number of furan rings is 1. The fraction of sp³-hybridized carbons (Fsp3) is 0.0588. The minimum atomic E-state index is -0.264. The van der Waals surface area contributed by atoms with Crippen LogP contribution in [0.1, 0.15) is 34.7 Å². The third-order valence-electron chi connectivity index (χ3n) is 10.8. The fourth-order valence-corrected chi connectivity index (χ4v) is 8.55. The van der Waals surface area contributed by atoms with Crippen molar-refractivity contribution in [2.45, 2.75) is 19.3 Å². The molecule has 1 aromatic heterocycles. The summed E-state index contributed by atoms with van der Waals surface area (Å²) in [6.45, 7) is 8.40. The second-order valence-corrected chi connectivity index (χ2v) is 13.7. The molecule has 2 aliphatic carbocycles. The number of benzene rings is 7. The first-order valence-electron chi connectivity index (χ1n) is 18.3. The first kappa shape index (κ1) is 32.3. The largest absolute Gasteiger partial charge is 0.454 e. The van der Waals surface area contributed by atoms with Crippen molar-refractivity contribution in [3.63, 3.8) is 0 Å². The van der Waals surface area contributed by atoms with Crippen molar-refractivity contribution in [2.24, 2.45) is 0 Å². The van der Waals surface area contributed by atoms with E-state index in [1.54, 1.807) is 0 Å². The van der Waals surface area contributed by atoms with Crippen LogP contribution < -0.4 is 5.32 Å². The quantitative estimate of drug-likeness (QED) is 0.196. The standard InChI is InChI=1S/C26H20.C25H19NO/c1-3-11-18-19-12-5-8-15-23(19)26(22(18)4-2)24-16-9-6-13-20(24)21-14-7-10-17-25(21)26;1-17-7-5-10-21-22-11-6-12-23(25(22)27-24(17)21)26-20-15-13-19(14-16-20)18-8-3-2-4-9-18/h3-17H,2H2,1H3;2-16,26H,1H3/b11-3-;. The lowest BCUT2D eigenvalue weighted by atomic mass is 9.69. The monoisotopic (exact) mass is 681 g/mol. The molecule has 53 heavy (non-hydrogen) atoms. The number of allylic oxidation sites excluding steroid dienone is 5. The van der Waals surface area contributed by atoms with Crippen LogP contribution in [0.2, 0.25) is 0 Å². The number of nitrogens with one attached hydrogen (secondary N) is 1. The molecule has 0 saturated heterocycles. The maximum atomic E-state index is 6.22. The lowest BCUT2D eigenvalue weighted by Gasteiger charge is -2.31. The Labute approximate surface area is 311 Å². The summed E-state index contributed by atoms with van der Waals surface area (Å²) < 4.78 is 6.22. The first-order valence-corrected chi connectivity index (χ1v) is 18.3. The highest BCUT2D eigenvalue weighted by molar-refractivity contribution is 6.10. The Hall–Kier alpha value is -6.64. The highest BCUT2D eigenvalue weighted by Crippen LogP contribution is 2.62. The van der Waals surface area contributed by atoms with E-state index in [2.05, 4.69) is 202 Å². The first-order chi connectivity index (χ1) is 26.1. The molecule has 2 nitrogen and oxygen atoms in total. The molecule has 7 aromatic carbocycles. The van der Waals surface area contributed by atoms with Gasteiger partial charge in [0.25, 0.3) is 0 Å². The van der Waals surface area contributed by atoms with Gasteiger partial charge in [-0.3, -0.25) is 0 Å². The molecule has 0 amide bonds. The van der Waals surface area contributed by atoms with Crippen molar-refractivity contribution >= 4 is 38.9 Å². The maximum Gasteiger partial charge on any atom is 0.158 e. The van der Waals surface area contributed by atoms with Gasteiger partial charge in [-0.1, -0.05) is 170 Å². The molecule has 0 bridgehead atoms. The molecule has 2 aliphatic rings. The Morgan fingerprint density at radius 2 is 1.09 bits per heavy atom. The number of anilines is 2. The van der Waals surface area contributed by atoms with Crippen LogP contribution in [0.25, 0.3) is 49.8 Å². The predicted molar refractivity (Wildman–Crippen MR) is 224 cm³/mol. The Bertz CT molecular complexity index is 2680. The average Bonchev–Trinajstić information content (AvgIpc) is 3.84. The summed E-state index contributed by atoms with van der Waals surface area (Å²) in [5, 5.41) is 5.81. The molecule has 1 heterocycles. The second kappa shape index (κ2) is 13.2. The van der Waals surface area contributed by atoms with E-state index in [1.165, 1.54) is 55.7 Å². The summed E-state index contributed by atoms with van der Waals surface area (Å²) in [5.74, 6) is 0. The van der Waals surface area contributed by atoms with E-state index in [0.717, 1.165) is 38.9 Å². The smallest absolute Gasteiger partial charge is 0.158 e. The number of fused-ring (bicyclic) bond motifs is 10. The van der Waals surface area contributed by atoms with Crippen molar-refractivity contribution in [1.29, 1.82) is 0 Å². The zero-order valence-corrected chi connectivity index (χ0v) is 29.9. The average molecular weight is 682 g/mol. The Balaban J connectivity index is 0.000000141. The molecule has 10 rings (SSSR count). The van der Waals surface area contributed by atoms with E-state index in [4.69, 9.17) is 4.42 Å². The summed E-state index contributed by atoms with van der Waals surface area (Å²) in [4.78, 5) is 0. The highest BCUT2D eigenvalue weighted by Gasteiger charge is 2.51. The topological polar surface area (TPSA) is 25.2 Å². The normalized spacial score (nSPS) is 13.5. The van der Waals surface area contributed by atoms with E-state index < -0.39 is 0 Å². The zero-order valence-electron chi connectivity index (χ0n) is 29.9. The van der Waals surface area contributed by atoms with E-state index in [-0.39, 0.29) is 5.41 Å². The number of rotatable bonds is 5. The summed E-state index contributed by atoms with van der Waals surface area (Å²) in [6.07, 6.45) is 6.42. The molecular weight excluding hydrogens is 643 g/mol. The second-order valence-electron chi connectivity index (χ2n) is 13.7. The van der Waals surface area contributed by atoms with Crippen LogP contribution >= 0.6 is 0 Å². The summed E-state index contributed by atoms with van der Waals surface area (Å²) in [5.41, 5.74) is 17.8. The summed E-state index contributed by atoms with van der Waals surface area (Å²) >= 11 is 0. The molecule has 8 aromatic rings.